The third-order valence-electron chi connectivity index (χ3n) is 3.33. The number of rotatable bonds is 7. The van der Waals surface area contributed by atoms with Crippen LogP contribution in [0.1, 0.15) is 18.1 Å². The van der Waals surface area contributed by atoms with E-state index < -0.39 is 17.5 Å². The van der Waals surface area contributed by atoms with Crippen LogP contribution in [0.3, 0.4) is 0 Å². The van der Waals surface area contributed by atoms with Crippen molar-refractivity contribution in [1.29, 1.82) is 0 Å². The molecule has 0 nitrogen and oxygen atoms in total. The third-order valence-corrected chi connectivity index (χ3v) is 3.33. The zero-order valence-electron chi connectivity index (χ0n) is 14.5. The van der Waals surface area contributed by atoms with Crippen molar-refractivity contribution in [3.63, 3.8) is 0 Å². The molecule has 0 aliphatic heterocycles. The summed E-state index contributed by atoms with van der Waals surface area (Å²) in [5, 5.41) is 0. The number of aryl methyl sites for hydroxylation is 1. The van der Waals surface area contributed by atoms with Gasteiger partial charge in [0.1, 0.15) is 5.83 Å². The summed E-state index contributed by atoms with van der Waals surface area (Å²) >= 11 is 0. The van der Waals surface area contributed by atoms with Gasteiger partial charge in [0.15, 0.2) is 11.6 Å². The van der Waals surface area contributed by atoms with E-state index in [1.165, 1.54) is 37.3 Å². The van der Waals surface area contributed by atoms with E-state index in [2.05, 4.69) is 26.3 Å². The Bertz CT molecular complexity index is 818. The summed E-state index contributed by atoms with van der Waals surface area (Å²) in [7, 11) is 0. The van der Waals surface area contributed by atoms with Crippen molar-refractivity contribution in [3.05, 3.63) is 114 Å². The second-order valence-corrected chi connectivity index (χ2v) is 5.68. The number of benzene rings is 1. The highest BCUT2D eigenvalue weighted by molar-refractivity contribution is 5.56. The fourth-order valence-electron chi connectivity index (χ4n) is 1.81. The van der Waals surface area contributed by atoms with Crippen molar-refractivity contribution in [2.75, 3.05) is 0 Å². The van der Waals surface area contributed by atoms with Gasteiger partial charge in [0.25, 0.3) is 0 Å². The molecule has 0 fully saturated rings. The highest BCUT2D eigenvalue weighted by Gasteiger charge is 2.08. The molecule has 0 aromatic heterocycles. The second kappa shape index (κ2) is 8.88. The molecule has 0 spiro atoms. The van der Waals surface area contributed by atoms with E-state index in [0.717, 1.165) is 0 Å². The van der Waals surface area contributed by atoms with Crippen LogP contribution in [0.4, 0.5) is 13.2 Å². The molecular formula is C22H21F3. The minimum atomic E-state index is -0.905. The summed E-state index contributed by atoms with van der Waals surface area (Å²) in [6.45, 7) is 17.9. The molecule has 0 bridgehead atoms. The zero-order chi connectivity index (χ0) is 19.1. The quantitative estimate of drug-likeness (QED) is 0.471. The minimum Gasteiger partial charge on any atom is -0.206 e. The largest absolute Gasteiger partial charge is 0.206 e. The molecule has 0 unspecified atom stereocenters. The van der Waals surface area contributed by atoms with Crippen LogP contribution < -0.4 is 0 Å². The normalized spacial score (nSPS) is 12.0. The van der Waals surface area contributed by atoms with Crippen molar-refractivity contribution in [2.24, 2.45) is 0 Å². The maximum Gasteiger partial charge on any atom is 0.166 e. The van der Waals surface area contributed by atoms with Gasteiger partial charge < -0.3 is 0 Å². The molecule has 130 valence electrons. The average molecular weight is 342 g/mol. The summed E-state index contributed by atoms with van der Waals surface area (Å²) in [6, 6.07) is 2.99. The molecule has 0 saturated heterocycles. The first-order valence-electron chi connectivity index (χ1n) is 7.54. The first-order valence-corrected chi connectivity index (χ1v) is 7.54. The van der Waals surface area contributed by atoms with Gasteiger partial charge in [-0.05, 0) is 36.6 Å². The van der Waals surface area contributed by atoms with Gasteiger partial charge in [0, 0.05) is 11.1 Å². The van der Waals surface area contributed by atoms with Crippen LogP contribution in [-0.4, -0.2) is 0 Å². The van der Waals surface area contributed by atoms with Crippen molar-refractivity contribution in [2.45, 2.75) is 13.8 Å². The lowest BCUT2D eigenvalue weighted by atomic mass is 10.1. The summed E-state index contributed by atoms with van der Waals surface area (Å²) in [6.07, 6.45) is 7.35. The lowest BCUT2D eigenvalue weighted by Crippen LogP contribution is -1.92. The maximum absolute atomic E-state index is 13.8. The lowest BCUT2D eigenvalue weighted by molar-refractivity contribution is 0.501. The van der Waals surface area contributed by atoms with Gasteiger partial charge in [-0.15, -0.1) is 0 Å². The van der Waals surface area contributed by atoms with Crippen LogP contribution in [0.25, 0.3) is 6.08 Å². The number of allylic oxidation sites excluding steroid dienone is 9. The van der Waals surface area contributed by atoms with Crippen molar-refractivity contribution >= 4 is 6.08 Å². The van der Waals surface area contributed by atoms with E-state index in [0.29, 0.717) is 16.7 Å². The van der Waals surface area contributed by atoms with E-state index in [9.17, 15) is 13.2 Å². The first kappa shape index (κ1) is 20.2. The molecule has 0 amide bonds. The van der Waals surface area contributed by atoms with Crippen LogP contribution in [0.5, 0.6) is 0 Å². The predicted molar refractivity (Wildman–Crippen MR) is 101 cm³/mol. The highest BCUT2D eigenvalue weighted by atomic mass is 19.2. The first-order chi connectivity index (χ1) is 11.6. The molecular weight excluding hydrogens is 321 g/mol. The average Bonchev–Trinajstić information content (AvgIpc) is 2.55. The summed E-state index contributed by atoms with van der Waals surface area (Å²) < 4.78 is 41.1. The van der Waals surface area contributed by atoms with Crippen LogP contribution in [-0.2, 0) is 0 Å². The number of hydrogen-bond acceptors (Lipinski definition) is 0. The van der Waals surface area contributed by atoms with E-state index in [1.54, 1.807) is 19.1 Å². The second-order valence-electron chi connectivity index (χ2n) is 5.68. The van der Waals surface area contributed by atoms with E-state index in [1.807, 2.05) is 0 Å². The molecule has 1 aromatic carbocycles. The molecule has 0 radical (unpaired) electrons. The van der Waals surface area contributed by atoms with Gasteiger partial charge in [-0.1, -0.05) is 68.3 Å². The molecule has 1 aromatic rings. The Morgan fingerprint density at radius 1 is 0.960 bits per heavy atom. The Hall–Kier alpha value is -2.81. The highest BCUT2D eigenvalue weighted by Crippen LogP contribution is 2.21. The molecule has 0 saturated carbocycles. The van der Waals surface area contributed by atoms with E-state index >= 15 is 0 Å². The Balaban J connectivity index is 2.81. The fourth-order valence-corrected chi connectivity index (χ4v) is 1.81. The molecule has 0 aliphatic carbocycles. The molecule has 25 heavy (non-hydrogen) atoms. The predicted octanol–water partition coefficient (Wildman–Crippen LogP) is 6.94. The Kier molecular flexibility index (Phi) is 7.19. The summed E-state index contributed by atoms with van der Waals surface area (Å²) in [5.41, 5.74) is 1.96. The van der Waals surface area contributed by atoms with Crippen molar-refractivity contribution in [1.82, 2.24) is 0 Å². The Labute approximate surface area is 147 Å². The number of halogens is 3. The monoisotopic (exact) mass is 342 g/mol. The Morgan fingerprint density at radius 3 is 2.20 bits per heavy atom. The molecule has 0 atom stereocenters. The third kappa shape index (κ3) is 5.96. The van der Waals surface area contributed by atoms with Crippen LogP contribution in [0, 0.1) is 18.6 Å². The van der Waals surface area contributed by atoms with Gasteiger partial charge in [-0.3, -0.25) is 0 Å². The maximum atomic E-state index is 13.8. The molecule has 0 N–H and O–H groups in total. The summed E-state index contributed by atoms with van der Waals surface area (Å²) in [5.74, 6) is -2.29. The fraction of sp³-hybridized carbons (Fsp3) is 0.0909. The van der Waals surface area contributed by atoms with Crippen LogP contribution in [0.2, 0.25) is 0 Å². The zero-order valence-corrected chi connectivity index (χ0v) is 14.5. The van der Waals surface area contributed by atoms with Crippen LogP contribution >= 0.6 is 0 Å². The van der Waals surface area contributed by atoms with Gasteiger partial charge in [-0.2, -0.15) is 0 Å². The molecule has 0 heterocycles. The SMILES string of the molecule is C=C(C)/C=C(/F)C(=C)C(=C)/C=C\C(=C)/C=C/c1ccc(C)c(F)c1F. The minimum absolute atomic E-state index is 0.122. The summed E-state index contributed by atoms with van der Waals surface area (Å²) in [4.78, 5) is 0. The van der Waals surface area contributed by atoms with Gasteiger partial charge >= 0.3 is 0 Å². The van der Waals surface area contributed by atoms with Gasteiger partial charge in [0.2, 0.25) is 0 Å². The lowest BCUT2D eigenvalue weighted by Gasteiger charge is -2.03. The van der Waals surface area contributed by atoms with E-state index in [4.69, 9.17) is 0 Å². The molecule has 0 aliphatic rings. The molecule has 1 rings (SSSR count). The topological polar surface area (TPSA) is 0 Å². The van der Waals surface area contributed by atoms with Gasteiger partial charge in [0.05, 0.1) is 0 Å². The van der Waals surface area contributed by atoms with Crippen LogP contribution in [0.15, 0.2) is 90.9 Å². The standard InChI is InChI=1S/C22H21F3/c1-14(2)13-20(23)18(6)16(4)9-7-15(3)8-11-19-12-10-17(5)21(24)22(19)25/h7-13H,1,3-4,6H2,2,5H3/b9-7-,11-8+,20-13+. The van der Waals surface area contributed by atoms with Gasteiger partial charge in [-0.25, -0.2) is 13.2 Å². The van der Waals surface area contributed by atoms with Crippen molar-refractivity contribution < 1.29 is 13.2 Å². The molecule has 3 heteroatoms. The Morgan fingerprint density at radius 2 is 1.60 bits per heavy atom. The van der Waals surface area contributed by atoms with Crippen molar-refractivity contribution in [3.8, 4) is 0 Å². The van der Waals surface area contributed by atoms with E-state index in [-0.39, 0.29) is 16.7 Å². The number of hydrogen-bond donors (Lipinski definition) is 0. The smallest absolute Gasteiger partial charge is 0.166 e.